The van der Waals surface area contributed by atoms with Crippen LogP contribution in [-0.4, -0.2) is 83.6 Å². The van der Waals surface area contributed by atoms with Crippen LogP contribution in [0.4, 0.5) is 0 Å². The average Bonchev–Trinajstić information content (AvgIpc) is 3.05. The van der Waals surface area contributed by atoms with Crippen LogP contribution in [0.25, 0.3) is 0 Å². The molecule has 0 aromatic carbocycles. The molecule has 0 spiro atoms. The monoisotopic (exact) mass is 375 g/mol. The topological polar surface area (TPSA) is 87.7 Å². The van der Waals surface area contributed by atoms with E-state index in [-0.39, 0.29) is 23.9 Å². The number of rotatable bonds is 7. The molecule has 148 valence electrons. The van der Waals surface area contributed by atoms with Crippen molar-refractivity contribution in [2.45, 2.75) is 44.2 Å². The molecule has 0 saturated carbocycles. The van der Waals surface area contributed by atoms with E-state index in [4.69, 9.17) is 4.74 Å². The summed E-state index contributed by atoms with van der Waals surface area (Å²) in [5.74, 6) is 0.241. The third-order valence-electron chi connectivity index (χ3n) is 5.52. The van der Waals surface area contributed by atoms with Gasteiger partial charge < -0.3 is 15.0 Å². The summed E-state index contributed by atoms with van der Waals surface area (Å²) in [4.78, 5) is 36.9. The molecule has 2 aliphatic rings. The van der Waals surface area contributed by atoms with E-state index in [0.29, 0.717) is 52.1 Å². The molecule has 2 fully saturated rings. The molecule has 0 radical (unpaired) electrons. The number of likely N-dealkylation sites (N-methyl/N-ethyl adjacent to an activating group) is 1. The zero-order valence-corrected chi connectivity index (χ0v) is 16.0. The van der Waals surface area contributed by atoms with Crippen molar-refractivity contribution in [2.75, 3.05) is 39.9 Å². The third-order valence-corrected chi connectivity index (χ3v) is 5.52. The van der Waals surface area contributed by atoms with Gasteiger partial charge in [-0.3, -0.25) is 24.5 Å². The number of aryl methyl sites for hydroxylation is 1. The molecule has 2 saturated heterocycles. The Morgan fingerprint density at radius 3 is 2.74 bits per heavy atom. The highest BCUT2D eigenvalue weighted by atomic mass is 16.5. The molecule has 2 amide bonds. The molecular weight excluding hydrogens is 346 g/mol. The standard InChI is InChI=1S/C19H29N5O3/c1-23-16(12-19(26)24-8-10-27-11-9-24)3-4-17(23)14-22-18(25)5-2-15-13-20-6-7-21-15/h6-7,13,16-17H,2-5,8-12,14H2,1H3,(H,22,25)/t16-,17+/m1/s1. The lowest BCUT2D eigenvalue weighted by Gasteiger charge is -2.30. The highest BCUT2D eigenvalue weighted by Crippen LogP contribution is 2.25. The van der Waals surface area contributed by atoms with Crippen molar-refractivity contribution in [2.24, 2.45) is 0 Å². The molecule has 0 bridgehead atoms. The highest BCUT2D eigenvalue weighted by molar-refractivity contribution is 5.77. The summed E-state index contributed by atoms with van der Waals surface area (Å²) in [5, 5.41) is 3.02. The number of hydrogen-bond acceptors (Lipinski definition) is 6. The van der Waals surface area contributed by atoms with Gasteiger partial charge in [-0.1, -0.05) is 0 Å². The number of nitrogens with one attached hydrogen (secondary N) is 1. The number of ether oxygens (including phenoxy) is 1. The van der Waals surface area contributed by atoms with E-state index >= 15 is 0 Å². The summed E-state index contributed by atoms with van der Waals surface area (Å²) < 4.78 is 5.31. The van der Waals surface area contributed by atoms with E-state index in [1.54, 1.807) is 18.6 Å². The summed E-state index contributed by atoms with van der Waals surface area (Å²) in [6, 6.07) is 0.537. The van der Waals surface area contributed by atoms with Gasteiger partial charge in [-0.05, 0) is 26.3 Å². The Balaban J connectivity index is 1.37. The highest BCUT2D eigenvalue weighted by Gasteiger charge is 2.33. The van der Waals surface area contributed by atoms with Gasteiger partial charge in [0.25, 0.3) is 0 Å². The van der Waals surface area contributed by atoms with Gasteiger partial charge in [0.2, 0.25) is 11.8 Å². The lowest BCUT2D eigenvalue weighted by molar-refractivity contribution is -0.136. The molecule has 2 atom stereocenters. The largest absolute Gasteiger partial charge is 0.378 e. The van der Waals surface area contributed by atoms with Gasteiger partial charge in [0.05, 0.1) is 18.9 Å². The van der Waals surface area contributed by atoms with Crippen LogP contribution < -0.4 is 5.32 Å². The molecule has 8 nitrogen and oxygen atoms in total. The predicted octanol–water partition coefficient (Wildman–Crippen LogP) is 0.237. The Morgan fingerprint density at radius 2 is 2.00 bits per heavy atom. The molecule has 27 heavy (non-hydrogen) atoms. The minimum absolute atomic E-state index is 0.0295. The van der Waals surface area contributed by atoms with Crippen molar-refractivity contribution in [1.29, 1.82) is 0 Å². The van der Waals surface area contributed by atoms with E-state index < -0.39 is 0 Å². The Labute approximate surface area is 160 Å². The fourth-order valence-electron chi connectivity index (χ4n) is 3.75. The van der Waals surface area contributed by atoms with Crippen LogP contribution in [0, 0.1) is 0 Å². The average molecular weight is 375 g/mol. The number of nitrogens with zero attached hydrogens (tertiary/aromatic N) is 4. The van der Waals surface area contributed by atoms with Crippen molar-refractivity contribution in [3.63, 3.8) is 0 Å². The summed E-state index contributed by atoms with van der Waals surface area (Å²) in [5.41, 5.74) is 0.826. The van der Waals surface area contributed by atoms with Crippen LogP contribution in [0.5, 0.6) is 0 Å². The molecule has 8 heteroatoms. The van der Waals surface area contributed by atoms with Gasteiger partial charge in [-0.25, -0.2) is 0 Å². The summed E-state index contributed by atoms with van der Waals surface area (Å²) in [6.07, 6.45) is 8.50. The van der Waals surface area contributed by atoms with Crippen molar-refractivity contribution in [3.05, 3.63) is 24.3 Å². The predicted molar refractivity (Wildman–Crippen MR) is 100.0 cm³/mol. The van der Waals surface area contributed by atoms with Crippen LogP contribution in [0.3, 0.4) is 0 Å². The number of amides is 2. The maximum Gasteiger partial charge on any atom is 0.224 e. The zero-order valence-electron chi connectivity index (χ0n) is 16.0. The molecule has 1 aromatic heterocycles. The van der Waals surface area contributed by atoms with E-state index in [1.807, 2.05) is 4.90 Å². The molecular formula is C19H29N5O3. The van der Waals surface area contributed by atoms with E-state index in [0.717, 1.165) is 18.5 Å². The first kappa shape index (κ1) is 19.7. The van der Waals surface area contributed by atoms with Crippen LogP contribution in [-0.2, 0) is 20.7 Å². The van der Waals surface area contributed by atoms with Gasteiger partial charge in [-0.2, -0.15) is 0 Å². The fraction of sp³-hybridized carbons (Fsp3) is 0.684. The molecule has 2 aliphatic heterocycles. The van der Waals surface area contributed by atoms with Crippen molar-refractivity contribution < 1.29 is 14.3 Å². The second kappa shape index (κ2) is 9.75. The van der Waals surface area contributed by atoms with Crippen LogP contribution in [0.15, 0.2) is 18.6 Å². The van der Waals surface area contributed by atoms with Crippen molar-refractivity contribution >= 4 is 11.8 Å². The van der Waals surface area contributed by atoms with Gasteiger partial charge in [0, 0.05) is 63.2 Å². The first-order valence-electron chi connectivity index (χ1n) is 9.72. The molecule has 3 rings (SSSR count). The van der Waals surface area contributed by atoms with Crippen LogP contribution in [0.1, 0.15) is 31.4 Å². The first-order chi connectivity index (χ1) is 13.1. The smallest absolute Gasteiger partial charge is 0.224 e. The quantitative estimate of drug-likeness (QED) is 0.734. The maximum atomic E-state index is 12.5. The lowest BCUT2D eigenvalue weighted by Crippen LogP contribution is -2.45. The van der Waals surface area contributed by atoms with E-state index in [1.165, 1.54) is 0 Å². The van der Waals surface area contributed by atoms with Crippen molar-refractivity contribution in [1.82, 2.24) is 25.1 Å². The third kappa shape index (κ3) is 5.71. The lowest BCUT2D eigenvalue weighted by atomic mass is 10.1. The SMILES string of the molecule is CN1[C@@H](CC(=O)N2CCOCC2)CC[C@H]1CNC(=O)CCc1cnccn1. The normalized spacial score (nSPS) is 23.4. The summed E-state index contributed by atoms with van der Waals surface area (Å²) in [6.45, 7) is 3.28. The van der Waals surface area contributed by atoms with Crippen LogP contribution >= 0.6 is 0 Å². The molecule has 3 heterocycles. The van der Waals surface area contributed by atoms with E-state index in [9.17, 15) is 9.59 Å². The van der Waals surface area contributed by atoms with Crippen LogP contribution in [0.2, 0.25) is 0 Å². The number of carbonyl (C=O) groups is 2. The Bertz CT molecular complexity index is 621. The van der Waals surface area contributed by atoms with Gasteiger partial charge >= 0.3 is 0 Å². The van der Waals surface area contributed by atoms with Gasteiger partial charge in [-0.15, -0.1) is 0 Å². The summed E-state index contributed by atoms with van der Waals surface area (Å²) >= 11 is 0. The Kier molecular flexibility index (Phi) is 7.11. The molecule has 0 aliphatic carbocycles. The van der Waals surface area contributed by atoms with E-state index in [2.05, 4.69) is 27.2 Å². The van der Waals surface area contributed by atoms with Crippen molar-refractivity contribution in [3.8, 4) is 0 Å². The number of hydrogen-bond donors (Lipinski definition) is 1. The second-order valence-corrected chi connectivity index (χ2v) is 7.25. The zero-order chi connectivity index (χ0) is 19.1. The second-order valence-electron chi connectivity index (χ2n) is 7.25. The minimum atomic E-state index is 0.0295. The molecule has 1 aromatic rings. The molecule has 0 unspecified atom stereocenters. The maximum absolute atomic E-state index is 12.5. The summed E-state index contributed by atoms with van der Waals surface area (Å²) in [7, 11) is 2.06. The number of morpholine rings is 1. The number of likely N-dealkylation sites (tertiary alicyclic amines) is 1. The minimum Gasteiger partial charge on any atom is -0.378 e. The van der Waals surface area contributed by atoms with Gasteiger partial charge in [0.15, 0.2) is 0 Å². The fourth-order valence-corrected chi connectivity index (χ4v) is 3.75. The van der Waals surface area contributed by atoms with Gasteiger partial charge in [0.1, 0.15) is 0 Å². The molecule has 1 N–H and O–H groups in total. The first-order valence-corrected chi connectivity index (χ1v) is 9.72. The number of carbonyl (C=O) groups excluding carboxylic acids is 2. The Morgan fingerprint density at radius 1 is 1.22 bits per heavy atom. The number of aromatic nitrogens is 2. The Hall–Kier alpha value is -2.06.